The molecule has 1 rings (SSSR count). The van der Waals surface area contributed by atoms with Gasteiger partial charge in [0.1, 0.15) is 5.38 Å². The van der Waals surface area contributed by atoms with Gasteiger partial charge >= 0.3 is 0 Å². The molecule has 0 aliphatic rings. The Labute approximate surface area is 110 Å². The van der Waals surface area contributed by atoms with Gasteiger partial charge in [0.15, 0.2) is 5.78 Å². The van der Waals surface area contributed by atoms with Crippen LogP contribution in [0.1, 0.15) is 17.9 Å². The first kappa shape index (κ1) is 11.7. The van der Waals surface area contributed by atoms with Crippen LogP contribution in [0.2, 0.25) is 0 Å². The van der Waals surface area contributed by atoms with Gasteiger partial charge in [-0.2, -0.15) is 0 Å². The van der Waals surface area contributed by atoms with E-state index in [1.807, 2.05) is 18.2 Å². The van der Waals surface area contributed by atoms with Crippen LogP contribution >= 0.6 is 56.8 Å². The van der Waals surface area contributed by atoms with Crippen molar-refractivity contribution in [3.05, 3.63) is 30.9 Å². The molecule has 1 unspecified atom stereocenters. The first-order valence-electron chi connectivity index (χ1n) is 3.62. The van der Waals surface area contributed by atoms with Crippen LogP contribution in [0.4, 0.5) is 0 Å². The van der Waals surface area contributed by atoms with Crippen molar-refractivity contribution in [3.63, 3.8) is 0 Å². The standard InChI is InChI=1S/C9H7ClI2O/c1-5(13)9(10)8-6(11)3-2-4-7(8)12/h2-4,9H,1H3. The molecule has 70 valence electrons. The van der Waals surface area contributed by atoms with Crippen molar-refractivity contribution in [1.29, 1.82) is 0 Å². The largest absolute Gasteiger partial charge is 0.298 e. The van der Waals surface area contributed by atoms with Gasteiger partial charge < -0.3 is 0 Å². The number of carbonyl (C=O) groups excluding carboxylic acids is 1. The van der Waals surface area contributed by atoms with Gasteiger partial charge in [0, 0.05) is 12.7 Å². The third-order valence-corrected chi connectivity index (χ3v) is 4.02. The van der Waals surface area contributed by atoms with Gasteiger partial charge in [0.25, 0.3) is 0 Å². The van der Waals surface area contributed by atoms with Gasteiger partial charge in [0.05, 0.1) is 0 Å². The van der Waals surface area contributed by atoms with Gasteiger partial charge in [-0.3, -0.25) is 4.79 Å². The normalized spacial score (nSPS) is 12.6. The van der Waals surface area contributed by atoms with E-state index in [0.29, 0.717) is 0 Å². The summed E-state index contributed by atoms with van der Waals surface area (Å²) in [5.41, 5.74) is 0.929. The zero-order valence-electron chi connectivity index (χ0n) is 6.85. The third-order valence-electron chi connectivity index (χ3n) is 1.61. The monoisotopic (exact) mass is 420 g/mol. The molecule has 0 aliphatic heterocycles. The Balaban J connectivity index is 3.20. The summed E-state index contributed by atoms with van der Waals surface area (Å²) >= 11 is 10.4. The van der Waals surface area contributed by atoms with Crippen molar-refractivity contribution in [2.75, 3.05) is 0 Å². The van der Waals surface area contributed by atoms with E-state index in [2.05, 4.69) is 45.2 Å². The summed E-state index contributed by atoms with van der Waals surface area (Å²) in [6, 6.07) is 5.86. The van der Waals surface area contributed by atoms with Crippen molar-refractivity contribution in [2.45, 2.75) is 12.3 Å². The Kier molecular flexibility index (Phi) is 4.44. The van der Waals surface area contributed by atoms with E-state index < -0.39 is 5.38 Å². The molecule has 1 atom stereocenters. The highest BCUT2D eigenvalue weighted by molar-refractivity contribution is 14.1. The Morgan fingerprint density at radius 3 is 2.23 bits per heavy atom. The van der Waals surface area contributed by atoms with E-state index in [9.17, 15) is 4.79 Å². The average Bonchev–Trinajstić information content (AvgIpc) is 2.03. The lowest BCUT2D eigenvalue weighted by molar-refractivity contribution is -0.116. The second-order valence-electron chi connectivity index (χ2n) is 2.61. The molecule has 1 nitrogen and oxygen atoms in total. The smallest absolute Gasteiger partial charge is 0.152 e. The number of hydrogen-bond donors (Lipinski definition) is 0. The highest BCUT2D eigenvalue weighted by Crippen LogP contribution is 2.30. The lowest BCUT2D eigenvalue weighted by atomic mass is 10.1. The summed E-state index contributed by atoms with van der Waals surface area (Å²) in [5, 5.41) is -0.514. The Morgan fingerprint density at radius 1 is 1.38 bits per heavy atom. The number of hydrogen-bond acceptors (Lipinski definition) is 1. The summed E-state index contributed by atoms with van der Waals surface area (Å²) in [6.45, 7) is 1.51. The molecule has 0 N–H and O–H groups in total. The molecular weight excluding hydrogens is 413 g/mol. The van der Waals surface area contributed by atoms with Gasteiger partial charge in [-0.25, -0.2) is 0 Å². The Morgan fingerprint density at radius 2 is 1.85 bits per heavy atom. The summed E-state index contributed by atoms with van der Waals surface area (Å²) in [6.07, 6.45) is 0. The van der Waals surface area contributed by atoms with Crippen LogP contribution in [0.5, 0.6) is 0 Å². The second kappa shape index (κ2) is 4.93. The van der Waals surface area contributed by atoms with Gasteiger partial charge in [-0.15, -0.1) is 11.6 Å². The van der Waals surface area contributed by atoms with Crippen molar-refractivity contribution in [3.8, 4) is 0 Å². The molecule has 0 saturated heterocycles. The summed E-state index contributed by atoms with van der Waals surface area (Å²) in [5.74, 6) is -0.0105. The molecule has 0 aliphatic carbocycles. The molecule has 1 aromatic carbocycles. The number of carbonyl (C=O) groups is 1. The lowest BCUT2D eigenvalue weighted by Gasteiger charge is -2.10. The molecule has 1 aromatic rings. The highest BCUT2D eigenvalue weighted by atomic mass is 127. The molecule has 0 radical (unpaired) electrons. The molecule has 13 heavy (non-hydrogen) atoms. The van der Waals surface area contributed by atoms with E-state index in [1.54, 1.807) is 0 Å². The van der Waals surface area contributed by atoms with Gasteiger partial charge in [-0.1, -0.05) is 6.07 Å². The zero-order valence-corrected chi connectivity index (χ0v) is 11.9. The van der Waals surface area contributed by atoms with Crippen LogP contribution in [0.25, 0.3) is 0 Å². The highest BCUT2D eigenvalue weighted by Gasteiger charge is 2.18. The first-order valence-corrected chi connectivity index (χ1v) is 6.22. The average molecular weight is 420 g/mol. The van der Waals surface area contributed by atoms with E-state index in [4.69, 9.17) is 11.6 Å². The van der Waals surface area contributed by atoms with Crippen LogP contribution in [-0.2, 0) is 4.79 Å². The van der Waals surface area contributed by atoms with Crippen LogP contribution < -0.4 is 0 Å². The quantitative estimate of drug-likeness (QED) is 0.526. The van der Waals surface area contributed by atoms with E-state index in [0.717, 1.165) is 12.7 Å². The van der Waals surface area contributed by atoms with E-state index in [1.165, 1.54) is 6.92 Å². The third kappa shape index (κ3) is 2.79. The fourth-order valence-corrected chi connectivity index (χ4v) is 3.69. The maximum atomic E-state index is 11.1. The minimum absolute atomic E-state index is 0.0105. The number of benzene rings is 1. The summed E-state index contributed by atoms with van der Waals surface area (Å²) in [4.78, 5) is 11.1. The summed E-state index contributed by atoms with van der Waals surface area (Å²) < 4.78 is 2.08. The predicted molar refractivity (Wildman–Crippen MR) is 71.2 cm³/mol. The van der Waals surface area contributed by atoms with Crippen LogP contribution in [0.3, 0.4) is 0 Å². The molecule has 0 aromatic heterocycles. The maximum Gasteiger partial charge on any atom is 0.152 e. The number of ketones is 1. The van der Waals surface area contributed by atoms with Crippen molar-refractivity contribution in [1.82, 2.24) is 0 Å². The van der Waals surface area contributed by atoms with Gasteiger partial charge in [-0.05, 0) is 64.2 Å². The van der Waals surface area contributed by atoms with Crippen molar-refractivity contribution >= 4 is 62.6 Å². The first-order chi connectivity index (χ1) is 6.04. The number of rotatable bonds is 2. The minimum Gasteiger partial charge on any atom is -0.298 e. The minimum atomic E-state index is -0.514. The molecule has 0 saturated carbocycles. The fraction of sp³-hybridized carbons (Fsp3) is 0.222. The maximum absolute atomic E-state index is 11.1. The number of Topliss-reactive ketones (excluding diaryl/α,β-unsaturated/α-hetero) is 1. The molecule has 0 fully saturated rings. The van der Waals surface area contributed by atoms with Crippen LogP contribution in [-0.4, -0.2) is 5.78 Å². The molecular formula is C9H7ClI2O. The lowest BCUT2D eigenvalue weighted by Crippen LogP contribution is -2.05. The van der Waals surface area contributed by atoms with Gasteiger partial charge in [0.2, 0.25) is 0 Å². The van der Waals surface area contributed by atoms with Crippen LogP contribution in [0.15, 0.2) is 18.2 Å². The molecule has 4 heteroatoms. The zero-order chi connectivity index (χ0) is 10.0. The van der Waals surface area contributed by atoms with Crippen molar-refractivity contribution < 1.29 is 4.79 Å². The van der Waals surface area contributed by atoms with Crippen molar-refractivity contribution in [2.24, 2.45) is 0 Å². The molecule has 0 heterocycles. The molecule has 0 spiro atoms. The SMILES string of the molecule is CC(=O)C(Cl)c1c(I)cccc1I. The summed E-state index contributed by atoms with van der Waals surface area (Å²) in [7, 11) is 0. The molecule has 0 amide bonds. The topological polar surface area (TPSA) is 17.1 Å². The Bertz CT molecular complexity index is 318. The Hall–Kier alpha value is 0.640. The second-order valence-corrected chi connectivity index (χ2v) is 5.37. The number of halogens is 3. The van der Waals surface area contributed by atoms with E-state index in [-0.39, 0.29) is 5.78 Å². The number of alkyl halides is 1. The van der Waals surface area contributed by atoms with Crippen LogP contribution in [0, 0.1) is 7.14 Å². The molecule has 0 bridgehead atoms. The predicted octanol–water partition coefficient (Wildman–Crippen LogP) is 3.76. The van der Waals surface area contributed by atoms with E-state index >= 15 is 0 Å². The fourth-order valence-electron chi connectivity index (χ4n) is 0.956.